The van der Waals surface area contributed by atoms with E-state index in [1.165, 1.54) is 64.2 Å². The van der Waals surface area contributed by atoms with Crippen LogP contribution in [0.2, 0.25) is 0 Å². The fourth-order valence-electron chi connectivity index (χ4n) is 2.90. The van der Waals surface area contributed by atoms with Crippen LogP contribution in [-0.4, -0.2) is 5.16 Å². The summed E-state index contributed by atoms with van der Waals surface area (Å²) in [7, 11) is 3.17. The van der Waals surface area contributed by atoms with E-state index in [1.54, 1.807) is 0 Å². The molecule has 0 amide bonds. The summed E-state index contributed by atoms with van der Waals surface area (Å²) < 4.78 is 0. The van der Waals surface area contributed by atoms with Gasteiger partial charge in [-0.2, -0.15) is 0 Å². The normalized spacial score (nSPS) is 13.2. The smallest absolute Gasteiger partial charge is 0.0127 e. The van der Waals surface area contributed by atoms with E-state index in [0.717, 1.165) is 5.92 Å². The van der Waals surface area contributed by atoms with Crippen molar-refractivity contribution in [2.45, 2.75) is 97.1 Å². The molecule has 2 heteroatoms. The van der Waals surface area contributed by atoms with Crippen molar-refractivity contribution in [2.75, 3.05) is 0 Å². The number of rotatable bonds is 11. The lowest BCUT2D eigenvalue weighted by Crippen LogP contribution is -2.29. The van der Waals surface area contributed by atoms with Gasteiger partial charge in [0.25, 0.3) is 0 Å². The molecule has 0 saturated heterocycles. The van der Waals surface area contributed by atoms with Gasteiger partial charge < -0.3 is 0 Å². The van der Waals surface area contributed by atoms with Gasteiger partial charge in [-0.25, -0.2) is 0 Å². The van der Waals surface area contributed by atoms with Crippen LogP contribution in [0.25, 0.3) is 0 Å². The lowest BCUT2D eigenvalue weighted by molar-refractivity contribution is 0.313. The molecule has 0 nitrogen and oxygen atoms in total. The number of hydrogen-bond donors (Lipinski definition) is 0. The maximum atomic E-state index is 3.17. The third kappa shape index (κ3) is 8.35. The average Bonchev–Trinajstić information content (AvgIpc) is 2.37. The summed E-state index contributed by atoms with van der Waals surface area (Å²) >= 11 is 0. The Hall–Kier alpha value is 1.16. The molecule has 0 aliphatic carbocycles. The highest BCUT2D eigenvalue weighted by Gasteiger charge is 2.28. The van der Waals surface area contributed by atoms with Crippen LogP contribution in [-0.2, 0) is 0 Å². The van der Waals surface area contributed by atoms with E-state index < -0.39 is 0 Å². The highest BCUT2D eigenvalue weighted by molar-refractivity contribution is 14.0. The SMILES string of the molecule is CCCCCCCCC(CC)C(P)(CC)CC.I. The monoisotopic (exact) mass is 386 g/mol. The second-order valence-corrected chi connectivity index (χ2v) is 6.75. The van der Waals surface area contributed by atoms with Crippen molar-refractivity contribution >= 4 is 33.2 Å². The van der Waals surface area contributed by atoms with Crippen LogP contribution in [0.15, 0.2) is 0 Å². The Kier molecular flexibility index (Phi) is 15.7. The Morgan fingerprint density at radius 2 is 1.33 bits per heavy atom. The van der Waals surface area contributed by atoms with Crippen LogP contribution in [0, 0.1) is 5.92 Å². The van der Waals surface area contributed by atoms with Crippen molar-refractivity contribution in [3.63, 3.8) is 0 Å². The molecule has 0 aliphatic heterocycles. The third-order valence-corrected chi connectivity index (χ3v) is 5.82. The first-order valence-corrected chi connectivity index (χ1v) is 8.51. The van der Waals surface area contributed by atoms with Gasteiger partial charge in [0.1, 0.15) is 0 Å². The molecule has 0 rings (SSSR count). The average molecular weight is 386 g/mol. The predicted molar refractivity (Wildman–Crippen MR) is 100 cm³/mol. The summed E-state index contributed by atoms with van der Waals surface area (Å²) in [5.74, 6) is 0.911. The Balaban J connectivity index is 0. The van der Waals surface area contributed by atoms with Crippen molar-refractivity contribution in [3.8, 4) is 0 Å². The molecule has 0 radical (unpaired) electrons. The minimum atomic E-state index is 0. The van der Waals surface area contributed by atoms with Gasteiger partial charge in [0.15, 0.2) is 0 Å². The summed E-state index contributed by atoms with van der Waals surface area (Å²) in [5.41, 5.74) is 0. The van der Waals surface area contributed by atoms with Crippen LogP contribution in [0.1, 0.15) is 91.9 Å². The number of hydrogen-bond acceptors (Lipinski definition) is 0. The lowest BCUT2D eigenvalue weighted by atomic mass is 9.81. The second-order valence-electron chi connectivity index (χ2n) is 5.60. The summed E-state index contributed by atoms with van der Waals surface area (Å²) in [5, 5.41) is 0.512. The zero-order chi connectivity index (χ0) is 13.1. The Bertz CT molecular complexity index is 166. The van der Waals surface area contributed by atoms with E-state index in [9.17, 15) is 0 Å². The van der Waals surface area contributed by atoms with Crippen LogP contribution in [0.3, 0.4) is 0 Å². The minimum absolute atomic E-state index is 0. The van der Waals surface area contributed by atoms with E-state index >= 15 is 0 Å². The van der Waals surface area contributed by atoms with Crippen LogP contribution >= 0.6 is 33.2 Å². The first-order valence-electron chi connectivity index (χ1n) is 7.93. The Morgan fingerprint density at radius 3 is 1.78 bits per heavy atom. The summed E-state index contributed by atoms with van der Waals surface area (Å²) in [6.07, 6.45) is 14.0. The van der Waals surface area contributed by atoms with E-state index in [1.807, 2.05) is 0 Å². The fourth-order valence-corrected chi connectivity index (χ4v) is 3.30. The highest BCUT2D eigenvalue weighted by atomic mass is 127. The van der Waals surface area contributed by atoms with E-state index in [2.05, 4.69) is 36.9 Å². The van der Waals surface area contributed by atoms with Gasteiger partial charge in [0.05, 0.1) is 0 Å². The fraction of sp³-hybridized carbons (Fsp3) is 1.00. The van der Waals surface area contributed by atoms with E-state index in [4.69, 9.17) is 0 Å². The zero-order valence-corrected chi connectivity index (χ0v) is 16.6. The first-order chi connectivity index (χ1) is 8.14. The summed E-state index contributed by atoms with van der Waals surface area (Å²) in [6, 6.07) is 0. The molecule has 0 saturated carbocycles. The Morgan fingerprint density at radius 1 is 0.833 bits per heavy atom. The standard InChI is InChI=1S/C16H35P.HI/c1-5-9-10-11-12-13-14-15(6-2)16(17,7-3)8-4;/h15H,5-14,17H2,1-4H3;1H. The van der Waals surface area contributed by atoms with Gasteiger partial charge in [-0.15, -0.1) is 33.2 Å². The first kappa shape index (κ1) is 21.5. The van der Waals surface area contributed by atoms with Crippen molar-refractivity contribution in [1.82, 2.24) is 0 Å². The summed E-state index contributed by atoms with van der Waals surface area (Å²) in [6.45, 7) is 9.35. The molecule has 0 bridgehead atoms. The molecule has 2 unspecified atom stereocenters. The molecule has 0 aliphatic rings. The topological polar surface area (TPSA) is 0 Å². The van der Waals surface area contributed by atoms with Crippen molar-refractivity contribution < 1.29 is 0 Å². The highest BCUT2D eigenvalue weighted by Crippen LogP contribution is 2.39. The summed E-state index contributed by atoms with van der Waals surface area (Å²) in [4.78, 5) is 0. The maximum Gasteiger partial charge on any atom is -0.0127 e. The molecule has 112 valence electrons. The lowest BCUT2D eigenvalue weighted by Gasteiger charge is -2.36. The minimum Gasteiger partial charge on any atom is -0.131 e. The Labute approximate surface area is 136 Å². The molecule has 0 fully saturated rings. The van der Waals surface area contributed by atoms with Gasteiger partial charge in [-0.05, 0) is 30.3 Å². The predicted octanol–water partition coefficient (Wildman–Crippen LogP) is 6.82. The molecule has 0 heterocycles. The number of halogens is 1. The molecule has 0 spiro atoms. The van der Waals surface area contributed by atoms with Gasteiger partial charge in [0, 0.05) is 0 Å². The van der Waals surface area contributed by atoms with Gasteiger partial charge >= 0.3 is 0 Å². The van der Waals surface area contributed by atoms with Crippen molar-refractivity contribution in [1.29, 1.82) is 0 Å². The molecule has 0 aromatic rings. The zero-order valence-electron chi connectivity index (χ0n) is 13.1. The van der Waals surface area contributed by atoms with Gasteiger partial charge in [0.2, 0.25) is 0 Å². The molecule has 18 heavy (non-hydrogen) atoms. The quantitative estimate of drug-likeness (QED) is 0.208. The molecule has 0 aromatic heterocycles. The third-order valence-electron chi connectivity index (χ3n) is 4.53. The number of unbranched alkanes of at least 4 members (excludes halogenated alkanes) is 5. The molecule has 0 aromatic carbocycles. The van der Waals surface area contributed by atoms with Crippen LogP contribution in [0.5, 0.6) is 0 Å². The second kappa shape index (κ2) is 13.2. The maximum absolute atomic E-state index is 3.17. The molecular weight excluding hydrogens is 350 g/mol. The van der Waals surface area contributed by atoms with E-state index in [0.29, 0.717) is 5.16 Å². The van der Waals surface area contributed by atoms with Crippen molar-refractivity contribution in [3.05, 3.63) is 0 Å². The van der Waals surface area contributed by atoms with Crippen LogP contribution in [0.4, 0.5) is 0 Å². The van der Waals surface area contributed by atoms with E-state index in [-0.39, 0.29) is 24.0 Å². The van der Waals surface area contributed by atoms with Crippen molar-refractivity contribution in [2.24, 2.45) is 5.92 Å². The van der Waals surface area contributed by atoms with Gasteiger partial charge in [-0.1, -0.05) is 72.6 Å². The van der Waals surface area contributed by atoms with Crippen LogP contribution < -0.4 is 0 Å². The molecule has 2 atom stereocenters. The largest absolute Gasteiger partial charge is 0.131 e. The van der Waals surface area contributed by atoms with Gasteiger partial charge in [-0.3, -0.25) is 0 Å². The molecular formula is C16H36IP. The molecule has 0 N–H and O–H groups in total.